The van der Waals surface area contributed by atoms with Gasteiger partial charge in [0.05, 0.1) is 5.69 Å². The maximum absolute atomic E-state index is 4.20. The second kappa shape index (κ2) is 6.32. The molecule has 4 heteroatoms. The van der Waals surface area contributed by atoms with Gasteiger partial charge in [0.1, 0.15) is 0 Å². The van der Waals surface area contributed by atoms with Crippen molar-refractivity contribution < 1.29 is 0 Å². The lowest BCUT2D eigenvalue weighted by molar-refractivity contribution is 0.221. The lowest BCUT2D eigenvalue weighted by Crippen LogP contribution is -2.37. The minimum Gasteiger partial charge on any atom is -0.316 e. The van der Waals surface area contributed by atoms with Crippen LogP contribution in [0.5, 0.6) is 0 Å². The van der Waals surface area contributed by atoms with E-state index in [9.17, 15) is 0 Å². The second-order valence-corrected chi connectivity index (χ2v) is 5.67. The molecule has 0 bridgehead atoms. The predicted octanol–water partition coefficient (Wildman–Crippen LogP) is 2.16. The Balaban J connectivity index is 1.89. The third kappa shape index (κ3) is 3.31. The van der Waals surface area contributed by atoms with E-state index in [-0.39, 0.29) is 0 Å². The SMILES string of the molecule is CCC1CCC(C(Cc2cn(C)nn2)NC)CC1. The third-order valence-electron chi connectivity index (χ3n) is 4.49. The van der Waals surface area contributed by atoms with Crippen molar-refractivity contribution in [3.63, 3.8) is 0 Å². The van der Waals surface area contributed by atoms with Crippen LogP contribution in [0.25, 0.3) is 0 Å². The molecule has 0 radical (unpaired) electrons. The molecule has 2 rings (SSSR count). The third-order valence-corrected chi connectivity index (χ3v) is 4.49. The Morgan fingerprint density at radius 3 is 2.61 bits per heavy atom. The maximum Gasteiger partial charge on any atom is 0.0842 e. The van der Waals surface area contributed by atoms with E-state index >= 15 is 0 Å². The van der Waals surface area contributed by atoms with E-state index in [1.165, 1.54) is 32.1 Å². The van der Waals surface area contributed by atoms with E-state index in [0.29, 0.717) is 6.04 Å². The van der Waals surface area contributed by atoms with Crippen LogP contribution >= 0.6 is 0 Å². The monoisotopic (exact) mass is 250 g/mol. The van der Waals surface area contributed by atoms with E-state index in [2.05, 4.69) is 29.6 Å². The zero-order valence-electron chi connectivity index (χ0n) is 11.9. The van der Waals surface area contributed by atoms with Gasteiger partial charge in [0.2, 0.25) is 0 Å². The highest BCUT2D eigenvalue weighted by molar-refractivity contribution is 4.97. The molecule has 1 atom stereocenters. The first kappa shape index (κ1) is 13.5. The van der Waals surface area contributed by atoms with Gasteiger partial charge in [-0.15, -0.1) is 5.10 Å². The number of nitrogens with one attached hydrogen (secondary N) is 1. The largest absolute Gasteiger partial charge is 0.316 e. The minimum absolute atomic E-state index is 0.555. The fourth-order valence-electron chi connectivity index (χ4n) is 3.22. The maximum atomic E-state index is 4.20. The molecule has 102 valence electrons. The summed E-state index contributed by atoms with van der Waals surface area (Å²) in [6, 6.07) is 0.555. The molecule has 1 heterocycles. The standard InChI is InChI=1S/C14H26N4/c1-4-11-5-7-12(8-6-11)14(15-2)9-13-10-18(3)17-16-13/h10-12,14-15H,4-9H2,1-3H3. The van der Waals surface area contributed by atoms with Crippen LogP contribution in [0.1, 0.15) is 44.7 Å². The molecule has 0 amide bonds. The lowest BCUT2D eigenvalue weighted by atomic mass is 9.76. The fraction of sp³-hybridized carbons (Fsp3) is 0.857. The van der Waals surface area contributed by atoms with Crippen molar-refractivity contribution in [2.24, 2.45) is 18.9 Å². The first-order valence-electron chi connectivity index (χ1n) is 7.25. The van der Waals surface area contributed by atoms with Crippen molar-refractivity contribution in [3.8, 4) is 0 Å². The van der Waals surface area contributed by atoms with Crippen molar-refractivity contribution in [1.29, 1.82) is 0 Å². The summed E-state index contributed by atoms with van der Waals surface area (Å²) in [5.41, 5.74) is 1.11. The molecule has 0 spiro atoms. The summed E-state index contributed by atoms with van der Waals surface area (Å²) >= 11 is 0. The molecule has 1 N–H and O–H groups in total. The fourth-order valence-corrected chi connectivity index (χ4v) is 3.22. The zero-order chi connectivity index (χ0) is 13.0. The Labute approximate surface area is 110 Å². The molecule has 0 saturated heterocycles. The van der Waals surface area contributed by atoms with Gasteiger partial charge in [0.15, 0.2) is 0 Å². The molecule has 1 aliphatic carbocycles. The molecule has 18 heavy (non-hydrogen) atoms. The summed E-state index contributed by atoms with van der Waals surface area (Å²) in [6.45, 7) is 2.32. The average molecular weight is 250 g/mol. The van der Waals surface area contributed by atoms with Gasteiger partial charge in [-0.3, -0.25) is 4.68 Å². The highest BCUT2D eigenvalue weighted by atomic mass is 15.4. The van der Waals surface area contributed by atoms with Crippen molar-refractivity contribution in [2.45, 2.75) is 51.5 Å². The highest BCUT2D eigenvalue weighted by Gasteiger charge is 2.26. The summed E-state index contributed by atoms with van der Waals surface area (Å²) in [5.74, 6) is 1.77. The molecule has 4 nitrogen and oxygen atoms in total. The summed E-state index contributed by atoms with van der Waals surface area (Å²) in [5, 5.41) is 11.7. The van der Waals surface area contributed by atoms with Crippen LogP contribution < -0.4 is 5.32 Å². The number of aromatic nitrogens is 3. The van der Waals surface area contributed by atoms with Crippen molar-refractivity contribution in [1.82, 2.24) is 20.3 Å². The number of rotatable bonds is 5. The molecule has 1 fully saturated rings. The number of hydrogen-bond acceptors (Lipinski definition) is 3. The Bertz CT molecular complexity index is 352. The highest BCUT2D eigenvalue weighted by Crippen LogP contribution is 2.33. The molecule has 1 aliphatic rings. The molecule has 1 unspecified atom stereocenters. The smallest absolute Gasteiger partial charge is 0.0842 e. The van der Waals surface area contributed by atoms with E-state index < -0.39 is 0 Å². The van der Waals surface area contributed by atoms with Crippen LogP contribution in [0.15, 0.2) is 6.20 Å². The van der Waals surface area contributed by atoms with Gasteiger partial charge >= 0.3 is 0 Å². The molecule has 1 aromatic heterocycles. The van der Waals surface area contributed by atoms with Crippen LogP contribution in [0.2, 0.25) is 0 Å². The van der Waals surface area contributed by atoms with Crippen molar-refractivity contribution in [2.75, 3.05) is 7.05 Å². The van der Waals surface area contributed by atoms with Crippen LogP contribution in [-0.4, -0.2) is 28.1 Å². The second-order valence-electron chi connectivity index (χ2n) is 5.67. The van der Waals surface area contributed by atoms with Gasteiger partial charge in [-0.1, -0.05) is 31.4 Å². The van der Waals surface area contributed by atoms with Gasteiger partial charge in [-0.2, -0.15) is 0 Å². The van der Waals surface area contributed by atoms with E-state index in [1.54, 1.807) is 4.68 Å². The lowest BCUT2D eigenvalue weighted by Gasteiger charge is -2.33. The number of aryl methyl sites for hydroxylation is 1. The van der Waals surface area contributed by atoms with Crippen LogP contribution in [-0.2, 0) is 13.5 Å². The van der Waals surface area contributed by atoms with Gasteiger partial charge < -0.3 is 5.32 Å². The van der Waals surface area contributed by atoms with E-state index in [1.807, 2.05) is 13.2 Å². The summed E-state index contributed by atoms with van der Waals surface area (Å²) in [4.78, 5) is 0. The molecule has 0 aliphatic heterocycles. The molecule has 0 aromatic carbocycles. The summed E-state index contributed by atoms with van der Waals surface area (Å²) in [7, 11) is 4.00. The Hall–Kier alpha value is -0.900. The number of nitrogens with zero attached hydrogens (tertiary/aromatic N) is 3. The summed E-state index contributed by atoms with van der Waals surface area (Å²) in [6.07, 6.45) is 9.92. The number of likely N-dealkylation sites (N-methyl/N-ethyl adjacent to an activating group) is 1. The normalized spacial score (nSPS) is 26.2. The van der Waals surface area contributed by atoms with Crippen molar-refractivity contribution in [3.05, 3.63) is 11.9 Å². The average Bonchev–Trinajstić information content (AvgIpc) is 2.82. The minimum atomic E-state index is 0.555. The van der Waals surface area contributed by atoms with Gasteiger partial charge in [0.25, 0.3) is 0 Å². The Morgan fingerprint density at radius 1 is 1.39 bits per heavy atom. The topological polar surface area (TPSA) is 42.7 Å². The molecular weight excluding hydrogens is 224 g/mol. The molecule has 1 saturated carbocycles. The van der Waals surface area contributed by atoms with Crippen molar-refractivity contribution >= 4 is 0 Å². The Kier molecular flexibility index (Phi) is 4.75. The zero-order valence-corrected chi connectivity index (χ0v) is 11.9. The predicted molar refractivity (Wildman–Crippen MR) is 73.3 cm³/mol. The van der Waals surface area contributed by atoms with Gasteiger partial charge in [-0.05, 0) is 31.7 Å². The van der Waals surface area contributed by atoms with Crippen LogP contribution in [0.3, 0.4) is 0 Å². The quantitative estimate of drug-likeness (QED) is 0.871. The van der Waals surface area contributed by atoms with Crippen LogP contribution in [0.4, 0.5) is 0 Å². The van der Waals surface area contributed by atoms with E-state index in [4.69, 9.17) is 0 Å². The number of hydrogen-bond donors (Lipinski definition) is 1. The first-order chi connectivity index (χ1) is 8.72. The van der Waals surface area contributed by atoms with Crippen LogP contribution in [0, 0.1) is 11.8 Å². The first-order valence-corrected chi connectivity index (χ1v) is 7.25. The Morgan fingerprint density at radius 2 is 2.11 bits per heavy atom. The summed E-state index contributed by atoms with van der Waals surface area (Å²) < 4.78 is 1.79. The van der Waals surface area contributed by atoms with E-state index in [0.717, 1.165) is 24.0 Å². The molecular formula is C14H26N4. The van der Waals surface area contributed by atoms with Gasteiger partial charge in [-0.25, -0.2) is 0 Å². The molecule has 1 aromatic rings. The van der Waals surface area contributed by atoms with Gasteiger partial charge in [0, 0.05) is 25.7 Å².